The molecule has 1 aromatic carbocycles. The van der Waals surface area contributed by atoms with Gasteiger partial charge in [-0.2, -0.15) is 0 Å². The van der Waals surface area contributed by atoms with E-state index in [2.05, 4.69) is 54.1 Å². The Kier molecular flexibility index (Phi) is 9.25. The summed E-state index contributed by atoms with van der Waals surface area (Å²) in [6.45, 7) is 11.6. The van der Waals surface area contributed by atoms with Gasteiger partial charge in [-0.3, -0.25) is 9.59 Å². The van der Waals surface area contributed by atoms with Crippen LogP contribution in [0.5, 0.6) is 0 Å². The van der Waals surface area contributed by atoms with Gasteiger partial charge in [-0.1, -0.05) is 50.6 Å². The van der Waals surface area contributed by atoms with Crippen LogP contribution in [0.25, 0.3) is 10.2 Å². The summed E-state index contributed by atoms with van der Waals surface area (Å²) in [7, 11) is -0.332. The molecule has 1 fully saturated rings. The third-order valence-corrected chi connectivity index (χ3v) is 14.3. The average molecular weight is 638 g/mol. The van der Waals surface area contributed by atoms with E-state index in [1.807, 2.05) is 54.0 Å². The number of carbonyl (C=O) groups excluding carboxylic acids is 1. The maximum Gasteiger partial charge on any atom is 0.268 e. The van der Waals surface area contributed by atoms with Crippen molar-refractivity contribution in [1.82, 2.24) is 25.2 Å². The molecule has 5 rings (SSSR count). The number of fused-ring (bicyclic) bond motifs is 1. The lowest BCUT2D eigenvalue weighted by molar-refractivity contribution is 0.0781. The first-order chi connectivity index (χ1) is 20.3. The molecule has 8 nitrogen and oxygen atoms in total. The number of pyridine rings is 1. The first-order valence-corrected chi connectivity index (χ1v) is 18.8. The highest BCUT2D eigenvalue weighted by atomic mass is 35.5. The van der Waals surface area contributed by atoms with Crippen LogP contribution in [0.4, 0.5) is 0 Å². The molecule has 3 atom stereocenters. The maximum absolute atomic E-state index is 13.1. The predicted molar refractivity (Wildman–Crippen MR) is 176 cm³/mol. The predicted octanol–water partition coefficient (Wildman–Crippen LogP) is 6.73. The van der Waals surface area contributed by atoms with Gasteiger partial charge in [0.25, 0.3) is 11.5 Å². The van der Waals surface area contributed by atoms with Crippen LogP contribution in [0.15, 0.2) is 58.8 Å². The van der Waals surface area contributed by atoms with E-state index in [0.717, 1.165) is 24.8 Å². The van der Waals surface area contributed by atoms with Gasteiger partial charge in [0.15, 0.2) is 8.32 Å². The molecule has 0 spiro atoms. The van der Waals surface area contributed by atoms with E-state index < -0.39 is 8.32 Å². The van der Waals surface area contributed by atoms with Crippen molar-refractivity contribution in [1.29, 1.82) is 0 Å². The number of rotatable bonds is 9. The molecule has 0 saturated carbocycles. The molecule has 4 heterocycles. The van der Waals surface area contributed by atoms with Crippen LogP contribution in [-0.4, -0.2) is 53.2 Å². The number of nitrogens with zero attached hydrogens (tertiary/aromatic N) is 3. The van der Waals surface area contributed by atoms with Gasteiger partial charge < -0.3 is 19.6 Å². The van der Waals surface area contributed by atoms with Crippen molar-refractivity contribution in [2.45, 2.75) is 82.9 Å². The van der Waals surface area contributed by atoms with Crippen molar-refractivity contribution in [2.24, 2.45) is 0 Å². The Balaban J connectivity index is 1.22. The molecule has 0 unspecified atom stereocenters. The topological polar surface area (TPSA) is 100 Å². The second-order valence-corrected chi connectivity index (χ2v) is 19.0. The van der Waals surface area contributed by atoms with E-state index in [0.29, 0.717) is 32.8 Å². The highest BCUT2D eigenvalue weighted by molar-refractivity contribution is 7.17. The second kappa shape index (κ2) is 12.6. The summed E-state index contributed by atoms with van der Waals surface area (Å²) in [5.74, 6) is 0.344. The van der Waals surface area contributed by atoms with Gasteiger partial charge in [0.1, 0.15) is 15.7 Å². The fourth-order valence-corrected chi connectivity index (χ4v) is 7.39. The molecule has 11 heteroatoms. The van der Waals surface area contributed by atoms with E-state index >= 15 is 0 Å². The fraction of sp³-hybridized carbons (Fsp3) is 0.438. The molecule has 2 N–H and O–H groups in total. The molecule has 0 radical (unpaired) electrons. The summed E-state index contributed by atoms with van der Waals surface area (Å²) in [5.41, 5.74) is 3.29. The Bertz CT molecular complexity index is 1630. The van der Waals surface area contributed by atoms with Crippen molar-refractivity contribution < 1.29 is 9.22 Å². The zero-order chi connectivity index (χ0) is 30.9. The highest BCUT2D eigenvalue weighted by Crippen LogP contribution is 2.42. The SMILES string of the molecule is CN(Cc1nc2ccsc2c(=O)[nH]1)C(=O)c1ccc(C[C@@H]2CC[C@H]([C@H](O[Si](C)(C)C(C)(C)C)c3ccc(Cl)nc3)N2)cc1. The number of hydrogen-bond acceptors (Lipinski definition) is 7. The molecule has 228 valence electrons. The smallest absolute Gasteiger partial charge is 0.268 e. The molecular weight excluding hydrogens is 598 g/mol. The summed E-state index contributed by atoms with van der Waals surface area (Å²) < 4.78 is 7.56. The molecule has 1 amide bonds. The quantitative estimate of drug-likeness (QED) is 0.156. The first kappa shape index (κ1) is 31.5. The number of carbonyl (C=O) groups is 1. The van der Waals surface area contributed by atoms with Crippen molar-refractivity contribution in [3.05, 3.63) is 92.1 Å². The van der Waals surface area contributed by atoms with E-state index in [9.17, 15) is 9.59 Å². The Morgan fingerprint density at radius 3 is 2.58 bits per heavy atom. The number of aromatic amines is 1. The van der Waals surface area contributed by atoms with Gasteiger partial charge in [-0.15, -0.1) is 11.3 Å². The molecule has 0 aliphatic carbocycles. The van der Waals surface area contributed by atoms with Gasteiger partial charge in [0.05, 0.1) is 18.2 Å². The third-order valence-electron chi connectivity index (χ3n) is 8.73. The van der Waals surface area contributed by atoms with Gasteiger partial charge in [0.2, 0.25) is 0 Å². The van der Waals surface area contributed by atoms with Crippen LogP contribution in [0.3, 0.4) is 0 Å². The zero-order valence-corrected chi connectivity index (χ0v) is 28.2. The number of hydrogen-bond donors (Lipinski definition) is 2. The lowest BCUT2D eigenvalue weighted by Gasteiger charge is -2.41. The Labute approximate surface area is 263 Å². The van der Waals surface area contributed by atoms with Crippen LogP contribution < -0.4 is 10.9 Å². The van der Waals surface area contributed by atoms with E-state index in [4.69, 9.17) is 16.0 Å². The van der Waals surface area contributed by atoms with Crippen molar-refractivity contribution >= 4 is 47.4 Å². The number of amides is 1. The molecule has 43 heavy (non-hydrogen) atoms. The van der Waals surface area contributed by atoms with E-state index in [1.165, 1.54) is 16.9 Å². The summed E-state index contributed by atoms with van der Waals surface area (Å²) in [4.78, 5) is 38.6. The Morgan fingerprint density at radius 1 is 1.16 bits per heavy atom. The average Bonchev–Trinajstić information content (AvgIpc) is 3.62. The molecule has 1 aliphatic heterocycles. The zero-order valence-electron chi connectivity index (χ0n) is 25.6. The van der Waals surface area contributed by atoms with E-state index in [-0.39, 0.29) is 35.2 Å². The highest BCUT2D eigenvalue weighted by Gasteiger charge is 2.42. The number of thiophene rings is 1. The molecule has 0 bridgehead atoms. The van der Waals surface area contributed by atoms with Gasteiger partial charge in [0, 0.05) is 30.9 Å². The lowest BCUT2D eigenvalue weighted by Crippen LogP contribution is -2.46. The van der Waals surface area contributed by atoms with E-state index in [1.54, 1.807) is 11.9 Å². The number of H-pyrrole nitrogens is 1. The standard InChI is InChI=1S/C32H40ClN5O3SSi/c1-32(2,3)43(5,6)41-28(22-11-14-26(33)34-18-22)24-13-12-23(35-24)17-20-7-9-21(10-8-20)31(40)38(4)19-27-36-25-15-16-42-29(25)30(39)37-27/h7-11,14-16,18,23-24,28,35H,12-13,17,19H2,1-6H3,(H,36,37,39)/t23-,24+,28+/m0/s1. The lowest BCUT2D eigenvalue weighted by atomic mass is 10.0. The van der Waals surface area contributed by atoms with Crippen LogP contribution >= 0.6 is 22.9 Å². The minimum atomic E-state index is -2.05. The maximum atomic E-state index is 13.1. The largest absolute Gasteiger partial charge is 0.408 e. The Morgan fingerprint density at radius 2 is 1.91 bits per heavy atom. The summed E-state index contributed by atoms with van der Waals surface area (Å²) >= 11 is 7.46. The summed E-state index contributed by atoms with van der Waals surface area (Å²) in [6, 6.07) is 14.0. The van der Waals surface area contributed by atoms with Crippen molar-refractivity contribution in [2.75, 3.05) is 7.05 Å². The number of aromatic nitrogens is 3. The van der Waals surface area contributed by atoms with Crippen molar-refractivity contribution in [3.8, 4) is 0 Å². The molecule has 4 aromatic rings. The molecule has 1 aliphatic rings. The number of benzene rings is 1. The number of halogens is 1. The van der Waals surface area contributed by atoms with Crippen LogP contribution in [0, 0.1) is 0 Å². The van der Waals surface area contributed by atoms with Crippen LogP contribution in [0.1, 0.15) is 67.0 Å². The summed E-state index contributed by atoms with van der Waals surface area (Å²) in [6.07, 6.45) is 4.64. The van der Waals surface area contributed by atoms with Gasteiger partial charge in [-0.05, 0) is 78.2 Å². The first-order valence-electron chi connectivity index (χ1n) is 14.7. The normalized spacial score (nSPS) is 18.2. The fourth-order valence-electron chi connectivity index (χ4n) is 5.26. The minimum Gasteiger partial charge on any atom is -0.408 e. The minimum absolute atomic E-state index is 0.0850. The van der Waals surface area contributed by atoms with Gasteiger partial charge in [-0.25, -0.2) is 9.97 Å². The van der Waals surface area contributed by atoms with Crippen LogP contribution in [-0.2, 0) is 17.4 Å². The van der Waals surface area contributed by atoms with Crippen molar-refractivity contribution in [3.63, 3.8) is 0 Å². The summed E-state index contributed by atoms with van der Waals surface area (Å²) in [5, 5.41) is 6.25. The van der Waals surface area contributed by atoms with Crippen LogP contribution in [0.2, 0.25) is 23.3 Å². The molecule has 3 aromatic heterocycles. The second-order valence-electron chi connectivity index (χ2n) is 13.0. The number of nitrogens with one attached hydrogen (secondary N) is 2. The van der Waals surface area contributed by atoms with Gasteiger partial charge >= 0.3 is 0 Å². The Hall–Kier alpha value is -2.89. The third kappa shape index (κ3) is 7.26. The molecule has 1 saturated heterocycles. The molecular formula is C32H40ClN5O3SSi. The monoisotopic (exact) mass is 637 g/mol.